The van der Waals surface area contributed by atoms with E-state index in [2.05, 4.69) is 12.1 Å². The summed E-state index contributed by atoms with van der Waals surface area (Å²) in [6.45, 7) is 2.17. The summed E-state index contributed by atoms with van der Waals surface area (Å²) >= 11 is 0. The van der Waals surface area contributed by atoms with Gasteiger partial charge in [-0.25, -0.2) is 0 Å². The van der Waals surface area contributed by atoms with Crippen LogP contribution in [0.2, 0.25) is 0 Å². The molecule has 0 amide bonds. The Morgan fingerprint density at radius 2 is 2.24 bits per heavy atom. The zero-order valence-corrected chi connectivity index (χ0v) is 10.8. The van der Waals surface area contributed by atoms with Crippen molar-refractivity contribution in [3.8, 4) is 0 Å². The number of oxime groups is 1. The van der Waals surface area contributed by atoms with Crippen molar-refractivity contribution in [1.82, 2.24) is 0 Å². The average Bonchev–Trinajstić information content (AvgIpc) is 2.76. The van der Waals surface area contributed by atoms with Crippen molar-refractivity contribution in [3.05, 3.63) is 0 Å². The van der Waals surface area contributed by atoms with Crippen LogP contribution in [0.4, 0.5) is 0 Å². The van der Waals surface area contributed by atoms with Crippen LogP contribution in [-0.2, 0) is 9.53 Å². The van der Waals surface area contributed by atoms with Gasteiger partial charge < -0.3 is 9.94 Å². The molecule has 0 radical (unpaired) electrons. The van der Waals surface area contributed by atoms with Gasteiger partial charge in [-0.05, 0) is 19.3 Å². The number of unbranched alkanes of at least 4 members (excludes halogenated alkanes) is 3. The van der Waals surface area contributed by atoms with Crippen LogP contribution < -0.4 is 0 Å². The van der Waals surface area contributed by atoms with Crippen LogP contribution in [-0.4, -0.2) is 24.0 Å². The van der Waals surface area contributed by atoms with E-state index in [1.54, 1.807) is 0 Å². The number of nitrogens with zero attached hydrogens (tertiary/aromatic N) is 1. The summed E-state index contributed by atoms with van der Waals surface area (Å²) in [6, 6.07) is 0. The summed E-state index contributed by atoms with van der Waals surface area (Å²) in [5.74, 6) is -0.180. The van der Waals surface area contributed by atoms with Crippen molar-refractivity contribution in [2.45, 2.75) is 51.9 Å². The molecule has 0 aromatic heterocycles. The van der Waals surface area contributed by atoms with E-state index >= 15 is 0 Å². The lowest BCUT2D eigenvalue weighted by Crippen LogP contribution is -2.23. The van der Waals surface area contributed by atoms with Gasteiger partial charge in [0, 0.05) is 5.92 Å². The van der Waals surface area contributed by atoms with Crippen molar-refractivity contribution < 1.29 is 14.7 Å². The average molecular weight is 241 g/mol. The molecule has 0 aromatic carbocycles. The molecular weight excluding hydrogens is 218 g/mol. The number of hydrogen-bond donors (Lipinski definition) is 1. The summed E-state index contributed by atoms with van der Waals surface area (Å²) < 4.78 is 4.81. The van der Waals surface area contributed by atoms with Gasteiger partial charge in [-0.1, -0.05) is 37.8 Å². The zero-order chi connectivity index (χ0) is 12.7. The van der Waals surface area contributed by atoms with Crippen molar-refractivity contribution in [3.63, 3.8) is 0 Å². The highest BCUT2D eigenvalue weighted by Crippen LogP contribution is 2.34. The van der Waals surface area contributed by atoms with Crippen molar-refractivity contribution >= 4 is 11.7 Å². The minimum absolute atomic E-state index is 0.0873. The fraction of sp³-hybridized carbons (Fsp3) is 0.846. The van der Waals surface area contributed by atoms with E-state index in [4.69, 9.17) is 9.94 Å². The maximum Gasteiger partial charge on any atom is 0.309 e. The minimum Gasteiger partial charge on any atom is -0.469 e. The van der Waals surface area contributed by atoms with Crippen molar-refractivity contribution in [2.75, 3.05) is 7.11 Å². The fourth-order valence-electron chi connectivity index (χ4n) is 2.64. The highest BCUT2D eigenvalue weighted by Gasteiger charge is 2.38. The minimum atomic E-state index is -0.163. The lowest BCUT2D eigenvalue weighted by molar-refractivity contribution is -0.146. The quantitative estimate of drug-likeness (QED) is 0.336. The largest absolute Gasteiger partial charge is 0.469 e. The van der Waals surface area contributed by atoms with Crippen LogP contribution in [0.5, 0.6) is 0 Å². The number of carbonyl (C=O) groups is 1. The summed E-state index contributed by atoms with van der Waals surface area (Å²) in [5.41, 5.74) is 0.775. The molecule has 0 aromatic rings. The summed E-state index contributed by atoms with van der Waals surface area (Å²) in [6.07, 6.45) is 7.09. The van der Waals surface area contributed by atoms with Gasteiger partial charge in [-0.15, -0.1) is 0 Å². The first-order valence-electron chi connectivity index (χ1n) is 6.53. The second kappa shape index (κ2) is 7.30. The summed E-state index contributed by atoms with van der Waals surface area (Å²) in [4.78, 5) is 11.6. The predicted octanol–water partition coefficient (Wildman–Crippen LogP) is 2.99. The molecule has 0 unspecified atom stereocenters. The van der Waals surface area contributed by atoms with E-state index < -0.39 is 0 Å². The molecule has 0 saturated heterocycles. The van der Waals surface area contributed by atoms with Gasteiger partial charge in [0.05, 0.1) is 18.7 Å². The van der Waals surface area contributed by atoms with Crippen LogP contribution >= 0.6 is 0 Å². The Morgan fingerprint density at radius 1 is 1.47 bits per heavy atom. The van der Waals surface area contributed by atoms with E-state index in [-0.39, 0.29) is 17.8 Å². The number of ether oxygens (including phenoxy) is 1. The van der Waals surface area contributed by atoms with Crippen molar-refractivity contribution in [2.24, 2.45) is 17.0 Å². The fourth-order valence-corrected chi connectivity index (χ4v) is 2.64. The van der Waals surface area contributed by atoms with E-state index in [0.29, 0.717) is 6.42 Å². The maximum atomic E-state index is 11.6. The van der Waals surface area contributed by atoms with Gasteiger partial charge in [0.15, 0.2) is 0 Å². The monoisotopic (exact) mass is 241 g/mol. The number of hydrogen-bond acceptors (Lipinski definition) is 4. The second-order valence-corrected chi connectivity index (χ2v) is 4.72. The molecule has 98 valence electrons. The molecule has 0 aliphatic heterocycles. The number of carbonyl (C=O) groups excluding carboxylic acids is 1. The van der Waals surface area contributed by atoms with E-state index in [1.165, 1.54) is 26.4 Å². The SMILES string of the molecule is CCCCCC[C@H]1C(=NO)CC[C@@H]1C(=O)OC. The van der Waals surface area contributed by atoms with Gasteiger partial charge >= 0.3 is 5.97 Å². The van der Waals surface area contributed by atoms with E-state index in [0.717, 1.165) is 25.0 Å². The molecule has 1 aliphatic carbocycles. The maximum absolute atomic E-state index is 11.6. The van der Waals surface area contributed by atoms with E-state index in [9.17, 15) is 4.79 Å². The topological polar surface area (TPSA) is 58.9 Å². The Kier molecular flexibility index (Phi) is 6.01. The van der Waals surface area contributed by atoms with Gasteiger partial charge in [-0.3, -0.25) is 4.79 Å². The van der Waals surface area contributed by atoms with Gasteiger partial charge in [-0.2, -0.15) is 0 Å². The van der Waals surface area contributed by atoms with Crippen LogP contribution in [0.25, 0.3) is 0 Å². The molecule has 1 fully saturated rings. The van der Waals surface area contributed by atoms with Crippen LogP contribution in [0.1, 0.15) is 51.9 Å². The highest BCUT2D eigenvalue weighted by atomic mass is 16.5. The molecule has 17 heavy (non-hydrogen) atoms. The molecule has 2 atom stereocenters. The molecule has 1 rings (SSSR count). The van der Waals surface area contributed by atoms with Crippen LogP contribution in [0.3, 0.4) is 0 Å². The smallest absolute Gasteiger partial charge is 0.309 e. The molecule has 1 N–H and O–H groups in total. The Morgan fingerprint density at radius 3 is 2.82 bits per heavy atom. The molecule has 4 heteroatoms. The Hall–Kier alpha value is -1.06. The first-order chi connectivity index (χ1) is 8.24. The highest BCUT2D eigenvalue weighted by molar-refractivity contribution is 5.93. The Balaban J connectivity index is 2.52. The third-order valence-corrected chi connectivity index (χ3v) is 3.63. The van der Waals surface area contributed by atoms with Crippen LogP contribution in [0.15, 0.2) is 5.16 Å². The lowest BCUT2D eigenvalue weighted by Gasteiger charge is -2.17. The van der Waals surface area contributed by atoms with Gasteiger partial charge in [0.2, 0.25) is 0 Å². The third-order valence-electron chi connectivity index (χ3n) is 3.63. The summed E-state index contributed by atoms with van der Waals surface area (Å²) in [7, 11) is 1.42. The molecule has 1 saturated carbocycles. The molecule has 0 spiro atoms. The van der Waals surface area contributed by atoms with Crippen LogP contribution in [0, 0.1) is 11.8 Å². The number of methoxy groups -OCH3 is 1. The van der Waals surface area contributed by atoms with Gasteiger partial charge in [0.1, 0.15) is 0 Å². The molecular formula is C13H23NO3. The number of rotatable bonds is 6. The van der Waals surface area contributed by atoms with Gasteiger partial charge in [0.25, 0.3) is 0 Å². The molecule has 1 aliphatic rings. The Bertz CT molecular complexity index is 276. The second-order valence-electron chi connectivity index (χ2n) is 4.72. The standard InChI is InChI=1S/C13H23NO3/c1-3-4-5-6-7-10-11(13(15)17-2)8-9-12(10)14-16/h10-11,16H,3-9H2,1-2H3/t10-,11+/m1/s1. The number of esters is 1. The van der Waals surface area contributed by atoms with Crippen molar-refractivity contribution in [1.29, 1.82) is 0 Å². The third kappa shape index (κ3) is 3.72. The molecule has 0 heterocycles. The first-order valence-corrected chi connectivity index (χ1v) is 6.53. The lowest BCUT2D eigenvalue weighted by atomic mass is 9.89. The predicted molar refractivity (Wildman–Crippen MR) is 66.2 cm³/mol. The summed E-state index contributed by atoms with van der Waals surface area (Å²) in [5, 5.41) is 12.3. The molecule has 4 nitrogen and oxygen atoms in total. The first kappa shape index (κ1) is 14.0. The normalized spacial score (nSPS) is 26.4. The Labute approximate surface area is 103 Å². The van der Waals surface area contributed by atoms with E-state index in [1.807, 2.05) is 0 Å². The molecule has 0 bridgehead atoms. The zero-order valence-electron chi connectivity index (χ0n) is 10.8.